The number of aliphatic hydroxyl groups excluding tert-OH is 2. The molecule has 0 radical (unpaired) electrons. The predicted octanol–water partition coefficient (Wildman–Crippen LogP) is 4.06. The monoisotopic (exact) mass is 440 g/mol. The molecule has 0 aliphatic carbocycles. The fourth-order valence-corrected chi connectivity index (χ4v) is 3.87. The van der Waals surface area contributed by atoms with E-state index in [9.17, 15) is 15.0 Å². The van der Waals surface area contributed by atoms with Crippen molar-refractivity contribution in [1.29, 1.82) is 0 Å². The molecule has 0 aromatic heterocycles. The van der Waals surface area contributed by atoms with E-state index in [0.29, 0.717) is 18.4 Å². The van der Waals surface area contributed by atoms with Crippen molar-refractivity contribution in [2.75, 3.05) is 13.2 Å². The topological polar surface area (TPSA) is 95.6 Å². The first-order chi connectivity index (χ1) is 15.5. The van der Waals surface area contributed by atoms with Gasteiger partial charge in [0.25, 0.3) is 0 Å². The second kappa shape index (κ2) is 14.0. The molecule has 5 N–H and O–H groups in total. The number of aryl methyl sites for hydroxylation is 2. The molecular weight excluding hydrogens is 400 g/mol. The minimum absolute atomic E-state index is 0.354. The fourth-order valence-electron chi connectivity index (χ4n) is 3.87. The summed E-state index contributed by atoms with van der Waals surface area (Å²) in [5.74, 6) is -0.409. The van der Waals surface area contributed by atoms with Crippen LogP contribution in [0.25, 0.3) is 0 Å². The molecular formula is C27H40N2O3. The average Bonchev–Trinajstić information content (AvgIpc) is 2.84. The van der Waals surface area contributed by atoms with E-state index in [1.807, 2.05) is 18.2 Å². The molecule has 2 aromatic rings. The molecule has 5 nitrogen and oxygen atoms in total. The van der Waals surface area contributed by atoms with Gasteiger partial charge in [-0.05, 0) is 42.4 Å². The summed E-state index contributed by atoms with van der Waals surface area (Å²) >= 11 is 0. The highest BCUT2D eigenvalue weighted by Crippen LogP contribution is 2.18. The Kier molecular flexibility index (Phi) is 11.4. The summed E-state index contributed by atoms with van der Waals surface area (Å²) in [5.41, 5.74) is 8.11. The van der Waals surface area contributed by atoms with E-state index in [2.05, 4.69) is 36.5 Å². The van der Waals surface area contributed by atoms with Crippen LogP contribution in [0.4, 0.5) is 0 Å². The maximum Gasteiger partial charge on any atom is 0.242 e. The molecule has 1 atom stereocenters. The molecule has 5 heteroatoms. The second-order valence-electron chi connectivity index (χ2n) is 8.81. The number of rotatable bonds is 15. The predicted molar refractivity (Wildman–Crippen MR) is 130 cm³/mol. The molecule has 2 aromatic carbocycles. The number of hydrogen-bond acceptors (Lipinski definition) is 4. The lowest BCUT2D eigenvalue weighted by Crippen LogP contribution is -2.56. The van der Waals surface area contributed by atoms with Crippen molar-refractivity contribution in [3.63, 3.8) is 0 Å². The van der Waals surface area contributed by atoms with Crippen molar-refractivity contribution >= 4 is 5.91 Å². The van der Waals surface area contributed by atoms with E-state index in [1.165, 1.54) is 44.1 Å². The van der Waals surface area contributed by atoms with E-state index in [1.54, 1.807) is 12.1 Å². The van der Waals surface area contributed by atoms with E-state index < -0.39 is 17.5 Å². The normalized spacial score (nSPS) is 12.5. The molecule has 0 aliphatic rings. The summed E-state index contributed by atoms with van der Waals surface area (Å²) in [4.78, 5) is 12.7. The number of carbonyl (C=O) groups is 1. The number of hydrogen-bond donors (Lipinski definition) is 4. The van der Waals surface area contributed by atoms with Gasteiger partial charge in [0.2, 0.25) is 5.91 Å². The zero-order chi connectivity index (χ0) is 23.2. The van der Waals surface area contributed by atoms with Crippen LogP contribution in [0.15, 0.2) is 54.6 Å². The number of nitrogens with one attached hydrogen (secondary N) is 1. The van der Waals surface area contributed by atoms with Gasteiger partial charge in [-0.15, -0.1) is 0 Å². The third-order valence-electron chi connectivity index (χ3n) is 6.17. The van der Waals surface area contributed by atoms with Gasteiger partial charge in [0.15, 0.2) is 0 Å². The Balaban J connectivity index is 1.86. The van der Waals surface area contributed by atoms with Crippen molar-refractivity contribution in [3.05, 3.63) is 71.3 Å². The summed E-state index contributed by atoms with van der Waals surface area (Å²) in [6.45, 7) is 1.53. The second-order valence-corrected chi connectivity index (χ2v) is 8.81. The van der Waals surface area contributed by atoms with Crippen LogP contribution in [0, 0.1) is 0 Å². The Morgan fingerprint density at radius 3 is 2.03 bits per heavy atom. The highest BCUT2D eigenvalue weighted by Gasteiger charge is 2.32. The Labute approximate surface area is 193 Å². The van der Waals surface area contributed by atoms with Crippen LogP contribution in [-0.4, -0.2) is 34.9 Å². The van der Waals surface area contributed by atoms with Crippen molar-refractivity contribution in [3.8, 4) is 0 Å². The molecule has 0 heterocycles. The smallest absolute Gasteiger partial charge is 0.242 e. The summed E-state index contributed by atoms with van der Waals surface area (Å²) in [5, 5.41) is 22.7. The third-order valence-corrected chi connectivity index (χ3v) is 6.17. The molecule has 0 bridgehead atoms. The van der Waals surface area contributed by atoms with Gasteiger partial charge in [-0.3, -0.25) is 4.79 Å². The van der Waals surface area contributed by atoms with Crippen LogP contribution in [0.1, 0.15) is 74.6 Å². The highest BCUT2D eigenvalue weighted by atomic mass is 16.3. The Hall–Kier alpha value is -2.21. The van der Waals surface area contributed by atoms with Crippen molar-refractivity contribution < 1.29 is 15.0 Å². The van der Waals surface area contributed by atoms with Gasteiger partial charge in [-0.25, -0.2) is 0 Å². The van der Waals surface area contributed by atoms with Crippen LogP contribution in [0.2, 0.25) is 0 Å². The van der Waals surface area contributed by atoms with E-state index in [4.69, 9.17) is 5.73 Å². The SMILES string of the molecule is CCCCCCCCc1ccc(CCC(CO)(CO)NC(=O)[C@@H](N)c2ccccc2)cc1. The molecule has 176 valence electrons. The Bertz CT molecular complexity index is 773. The molecule has 0 fully saturated rings. The maximum absolute atomic E-state index is 12.7. The van der Waals surface area contributed by atoms with Crippen molar-refractivity contribution in [2.24, 2.45) is 5.73 Å². The maximum atomic E-state index is 12.7. The first kappa shape index (κ1) is 26.0. The molecule has 1 amide bonds. The van der Waals surface area contributed by atoms with Crippen LogP contribution in [0.3, 0.4) is 0 Å². The summed E-state index contributed by atoms with van der Waals surface area (Å²) in [6.07, 6.45) is 9.91. The summed E-state index contributed by atoms with van der Waals surface area (Å²) < 4.78 is 0. The quantitative estimate of drug-likeness (QED) is 0.314. The van der Waals surface area contributed by atoms with Crippen molar-refractivity contribution in [2.45, 2.75) is 76.3 Å². The molecule has 0 unspecified atom stereocenters. The highest BCUT2D eigenvalue weighted by molar-refractivity contribution is 5.83. The lowest BCUT2D eigenvalue weighted by molar-refractivity contribution is -0.126. The zero-order valence-corrected chi connectivity index (χ0v) is 19.4. The third kappa shape index (κ3) is 8.38. The van der Waals surface area contributed by atoms with Gasteiger partial charge in [-0.1, -0.05) is 93.6 Å². The molecule has 0 saturated heterocycles. The minimum atomic E-state index is -1.11. The number of nitrogens with two attached hydrogens (primary N) is 1. The average molecular weight is 441 g/mol. The number of carbonyl (C=O) groups excluding carboxylic acids is 1. The van der Waals surface area contributed by atoms with E-state index in [-0.39, 0.29) is 13.2 Å². The largest absolute Gasteiger partial charge is 0.394 e. The molecule has 0 saturated carbocycles. The Morgan fingerprint density at radius 2 is 1.44 bits per heavy atom. The molecule has 2 rings (SSSR count). The summed E-state index contributed by atoms with van der Waals surface area (Å²) in [7, 11) is 0. The van der Waals surface area contributed by atoms with Crippen LogP contribution >= 0.6 is 0 Å². The lowest BCUT2D eigenvalue weighted by Gasteiger charge is -2.32. The lowest BCUT2D eigenvalue weighted by atomic mass is 9.91. The van der Waals surface area contributed by atoms with Crippen LogP contribution < -0.4 is 11.1 Å². The standard InChI is InChI=1S/C27H40N2O3/c1-2-3-4-5-6-8-11-22-14-16-23(17-15-22)18-19-27(20-30,21-31)29-26(32)25(28)24-12-9-7-10-13-24/h7,9-10,12-17,25,30-31H,2-6,8,11,18-21,28H2,1H3,(H,29,32)/t25-/m0/s1. The molecule has 0 aliphatic heterocycles. The zero-order valence-electron chi connectivity index (χ0n) is 19.4. The summed E-state index contributed by atoms with van der Waals surface area (Å²) in [6, 6.07) is 16.7. The number of aliphatic hydroxyl groups is 2. The van der Waals surface area contributed by atoms with E-state index >= 15 is 0 Å². The van der Waals surface area contributed by atoms with Gasteiger partial charge in [0.1, 0.15) is 6.04 Å². The molecule has 0 spiro atoms. The Morgan fingerprint density at radius 1 is 0.875 bits per heavy atom. The van der Waals surface area contributed by atoms with Crippen molar-refractivity contribution in [1.82, 2.24) is 5.32 Å². The van der Waals surface area contributed by atoms with E-state index in [0.717, 1.165) is 12.0 Å². The van der Waals surface area contributed by atoms with Crippen LogP contribution in [0.5, 0.6) is 0 Å². The first-order valence-corrected chi connectivity index (χ1v) is 12.0. The minimum Gasteiger partial charge on any atom is -0.394 e. The fraction of sp³-hybridized carbons (Fsp3) is 0.519. The van der Waals surface area contributed by atoms with Gasteiger partial charge in [0, 0.05) is 0 Å². The number of benzene rings is 2. The van der Waals surface area contributed by atoms with Crippen LogP contribution in [-0.2, 0) is 17.6 Å². The van der Waals surface area contributed by atoms with Gasteiger partial charge in [-0.2, -0.15) is 0 Å². The first-order valence-electron chi connectivity index (χ1n) is 12.0. The number of amides is 1. The molecule has 32 heavy (non-hydrogen) atoms. The van der Waals surface area contributed by atoms with Gasteiger partial charge >= 0.3 is 0 Å². The van der Waals surface area contributed by atoms with Gasteiger partial charge in [0.05, 0.1) is 18.8 Å². The number of unbranched alkanes of at least 4 members (excludes halogenated alkanes) is 5. The van der Waals surface area contributed by atoms with Gasteiger partial charge < -0.3 is 21.3 Å².